The number of hydrogen-bond acceptors (Lipinski definition) is 4. The van der Waals surface area contributed by atoms with Crippen LogP contribution in [0, 0.1) is 12.7 Å². The summed E-state index contributed by atoms with van der Waals surface area (Å²) in [6.45, 7) is 2.77. The molecule has 0 spiro atoms. The van der Waals surface area contributed by atoms with Gasteiger partial charge in [0.15, 0.2) is 5.13 Å². The number of nitrogens with zero attached hydrogens (tertiary/aromatic N) is 1. The lowest BCUT2D eigenvalue weighted by atomic mass is 10.0. The van der Waals surface area contributed by atoms with Gasteiger partial charge in [-0.05, 0) is 37.9 Å². The van der Waals surface area contributed by atoms with E-state index < -0.39 is 0 Å². The molecule has 1 aromatic heterocycles. The highest BCUT2D eigenvalue weighted by Crippen LogP contribution is 2.26. The molecule has 0 saturated carbocycles. The maximum absolute atomic E-state index is 13.8. The highest BCUT2D eigenvalue weighted by Gasteiger charge is 2.22. The van der Waals surface area contributed by atoms with Crippen LogP contribution in [0.25, 0.3) is 0 Å². The predicted molar refractivity (Wildman–Crippen MR) is 97.6 cm³/mol. The van der Waals surface area contributed by atoms with Gasteiger partial charge in [0, 0.05) is 11.3 Å². The number of benzene rings is 1. The maximum Gasteiger partial charge on any atom is 0.243 e. The van der Waals surface area contributed by atoms with Gasteiger partial charge >= 0.3 is 0 Å². The molecule has 1 aromatic carbocycles. The Kier molecular flexibility index (Phi) is 6.71. The molecular formula is C17H21ClFN3OS. The molecule has 0 bridgehead atoms. The van der Waals surface area contributed by atoms with Crippen LogP contribution in [0.2, 0.25) is 0 Å². The summed E-state index contributed by atoms with van der Waals surface area (Å²) in [7, 11) is 0. The van der Waals surface area contributed by atoms with E-state index in [0.29, 0.717) is 17.1 Å². The normalized spacial score (nSPS) is 17.2. The number of anilines is 1. The highest BCUT2D eigenvalue weighted by atomic mass is 35.5. The monoisotopic (exact) mass is 369 g/mol. The van der Waals surface area contributed by atoms with Gasteiger partial charge in [-0.2, -0.15) is 0 Å². The molecule has 1 saturated heterocycles. The van der Waals surface area contributed by atoms with E-state index in [1.807, 2.05) is 13.0 Å². The van der Waals surface area contributed by atoms with Crippen LogP contribution in [-0.4, -0.2) is 23.5 Å². The summed E-state index contributed by atoms with van der Waals surface area (Å²) in [5.41, 5.74) is 1.48. The second-order valence-corrected chi connectivity index (χ2v) is 6.87. The Balaban J connectivity index is 0.00000208. The number of aryl methyl sites for hydroxylation is 1. The number of hydrogen-bond donors (Lipinski definition) is 2. The summed E-state index contributed by atoms with van der Waals surface area (Å²) in [4.78, 5) is 17.6. The number of amides is 1. The van der Waals surface area contributed by atoms with Crippen molar-refractivity contribution in [2.75, 3.05) is 11.9 Å². The van der Waals surface area contributed by atoms with Crippen molar-refractivity contribution in [2.24, 2.45) is 0 Å². The lowest BCUT2D eigenvalue weighted by Gasteiger charge is -2.21. The Morgan fingerprint density at radius 3 is 2.92 bits per heavy atom. The molecule has 0 radical (unpaired) electrons. The van der Waals surface area contributed by atoms with Crippen molar-refractivity contribution in [3.05, 3.63) is 46.2 Å². The molecule has 1 aliphatic rings. The van der Waals surface area contributed by atoms with Crippen molar-refractivity contribution in [1.29, 1.82) is 0 Å². The van der Waals surface area contributed by atoms with Gasteiger partial charge in [0.25, 0.3) is 0 Å². The van der Waals surface area contributed by atoms with Crippen LogP contribution >= 0.6 is 23.7 Å². The van der Waals surface area contributed by atoms with Crippen molar-refractivity contribution in [2.45, 2.75) is 38.6 Å². The molecule has 2 aromatic rings. The first kappa shape index (κ1) is 18.8. The van der Waals surface area contributed by atoms with Gasteiger partial charge in [0.2, 0.25) is 5.91 Å². The number of nitrogens with one attached hydrogen (secondary N) is 2. The van der Waals surface area contributed by atoms with Crippen molar-refractivity contribution in [1.82, 2.24) is 10.3 Å². The van der Waals surface area contributed by atoms with Crippen LogP contribution in [0.1, 0.15) is 35.4 Å². The van der Waals surface area contributed by atoms with Crippen molar-refractivity contribution in [3.8, 4) is 0 Å². The van der Waals surface area contributed by atoms with E-state index in [1.165, 1.54) is 17.4 Å². The summed E-state index contributed by atoms with van der Waals surface area (Å²) < 4.78 is 13.8. The fourth-order valence-electron chi connectivity index (χ4n) is 2.73. The third-order valence-corrected chi connectivity index (χ3v) is 5.13. The third kappa shape index (κ3) is 4.53. The molecule has 2 N–H and O–H groups in total. The zero-order valence-corrected chi connectivity index (χ0v) is 15.1. The average molecular weight is 370 g/mol. The van der Waals surface area contributed by atoms with E-state index in [-0.39, 0.29) is 30.2 Å². The molecule has 3 rings (SSSR count). The average Bonchev–Trinajstić information content (AvgIpc) is 2.90. The zero-order chi connectivity index (χ0) is 16.2. The highest BCUT2D eigenvalue weighted by molar-refractivity contribution is 7.15. The van der Waals surface area contributed by atoms with E-state index in [4.69, 9.17) is 0 Å². The summed E-state index contributed by atoms with van der Waals surface area (Å²) in [6, 6.07) is 6.61. The van der Waals surface area contributed by atoms with Crippen LogP contribution in [0.5, 0.6) is 0 Å². The Morgan fingerprint density at radius 1 is 1.42 bits per heavy atom. The second-order valence-electron chi connectivity index (χ2n) is 5.79. The molecule has 24 heavy (non-hydrogen) atoms. The Hall–Kier alpha value is -1.50. The van der Waals surface area contributed by atoms with Gasteiger partial charge in [-0.3, -0.25) is 4.79 Å². The van der Waals surface area contributed by atoms with Gasteiger partial charge < -0.3 is 10.6 Å². The molecule has 1 amide bonds. The van der Waals surface area contributed by atoms with Crippen molar-refractivity contribution < 1.29 is 9.18 Å². The summed E-state index contributed by atoms with van der Waals surface area (Å²) in [5.74, 6) is -0.242. The topological polar surface area (TPSA) is 54.0 Å². The summed E-state index contributed by atoms with van der Waals surface area (Å²) in [5, 5.41) is 6.70. The lowest BCUT2D eigenvalue weighted by Crippen LogP contribution is -2.43. The lowest BCUT2D eigenvalue weighted by molar-refractivity contribution is -0.118. The molecule has 1 aliphatic heterocycles. The molecule has 7 heteroatoms. The molecule has 1 fully saturated rings. The number of rotatable bonds is 4. The Morgan fingerprint density at radius 2 is 2.21 bits per heavy atom. The predicted octanol–water partition coefficient (Wildman–Crippen LogP) is 3.68. The first-order valence-electron chi connectivity index (χ1n) is 7.87. The van der Waals surface area contributed by atoms with Gasteiger partial charge in [-0.15, -0.1) is 23.7 Å². The first-order chi connectivity index (χ1) is 11.1. The van der Waals surface area contributed by atoms with Gasteiger partial charge in [0.1, 0.15) is 5.82 Å². The molecule has 1 atom stereocenters. The van der Waals surface area contributed by atoms with E-state index in [0.717, 1.165) is 36.4 Å². The van der Waals surface area contributed by atoms with Crippen LogP contribution in [0.15, 0.2) is 24.3 Å². The van der Waals surface area contributed by atoms with Crippen LogP contribution < -0.4 is 10.6 Å². The van der Waals surface area contributed by atoms with E-state index in [9.17, 15) is 9.18 Å². The Bertz CT molecular complexity index is 701. The molecular weight excluding hydrogens is 349 g/mol. The standard InChI is InChI=1S/C17H20FN3OS.ClH/c1-11-15(10-12-6-2-3-7-13(12)18)23-17(20-11)21-16(22)14-8-4-5-9-19-14;/h2-3,6-7,14,19H,4-5,8-10H2,1H3,(H,20,21,22);1H/t14-;/m0./s1. The molecule has 0 aliphatic carbocycles. The number of aromatic nitrogens is 1. The van der Waals surface area contributed by atoms with Crippen molar-refractivity contribution in [3.63, 3.8) is 0 Å². The van der Waals surface area contributed by atoms with E-state index in [1.54, 1.807) is 12.1 Å². The molecule has 0 unspecified atom stereocenters. The molecule has 130 valence electrons. The third-order valence-electron chi connectivity index (χ3n) is 4.06. The van der Waals surface area contributed by atoms with Crippen molar-refractivity contribution >= 4 is 34.8 Å². The summed E-state index contributed by atoms with van der Waals surface area (Å²) in [6.07, 6.45) is 3.54. The fourth-order valence-corrected chi connectivity index (χ4v) is 3.72. The smallest absolute Gasteiger partial charge is 0.243 e. The maximum atomic E-state index is 13.8. The van der Waals surface area contributed by atoms with Crippen LogP contribution in [0.3, 0.4) is 0 Å². The van der Waals surface area contributed by atoms with E-state index in [2.05, 4.69) is 15.6 Å². The number of carbonyl (C=O) groups is 1. The minimum atomic E-state index is -0.211. The SMILES string of the molecule is Cc1nc(NC(=O)[C@@H]2CCCCN2)sc1Cc1ccccc1F.Cl. The van der Waals surface area contributed by atoms with Crippen LogP contribution in [-0.2, 0) is 11.2 Å². The fraction of sp³-hybridized carbons (Fsp3) is 0.412. The van der Waals surface area contributed by atoms with E-state index >= 15 is 0 Å². The summed E-state index contributed by atoms with van der Waals surface area (Å²) >= 11 is 1.42. The zero-order valence-electron chi connectivity index (χ0n) is 13.5. The minimum absolute atomic E-state index is 0. The number of thiazole rings is 1. The van der Waals surface area contributed by atoms with Gasteiger partial charge in [0.05, 0.1) is 11.7 Å². The molecule has 4 nitrogen and oxygen atoms in total. The number of carbonyl (C=O) groups excluding carboxylic acids is 1. The number of halogens is 2. The quantitative estimate of drug-likeness (QED) is 0.864. The largest absolute Gasteiger partial charge is 0.306 e. The molecule has 2 heterocycles. The minimum Gasteiger partial charge on any atom is -0.306 e. The van der Waals surface area contributed by atoms with Gasteiger partial charge in [-0.1, -0.05) is 24.6 Å². The first-order valence-corrected chi connectivity index (χ1v) is 8.69. The second kappa shape index (κ2) is 8.55. The van der Waals surface area contributed by atoms with Crippen LogP contribution in [0.4, 0.5) is 9.52 Å². The Labute approximate surface area is 151 Å². The number of piperidine rings is 1. The van der Waals surface area contributed by atoms with Gasteiger partial charge in [-0.25, -0.2) is 9.37 Å².